The SMILES string of the molecule is CCCO[C@@H]1OCCC[C@@H]1Cl. The van der Waals surface area contributed by atoms with Crippen molar-refractivity contribution in [3.8, 4) is 0 Å². The van der Waals surface area contributed by atoms with Crippen molar-refractivity contribution in [3.05, 3.63) is 0 Å². The van der Waals surface area contributed by atoms with Crippen LogP contribution in [0.4, 0.5) is 0 Å². The van der Waals surface area contributed by atoms with E-state index >= 15 is 0 Å². The van der Waals surface area contributed by atoms with E-state index < -0.39 is 0 Å². The van der Waals surface area contributed by atoms with Gasteiger partial charge in [-0.3, -0.25) is 0 Å². The van der Waals surface area contributed by atoms with Gasteiger partial charge in [0, 0.05) is 13.2 Å². The molecule has 0 aliphatic carbocycles. The fraction of sp³-hybridized carbons (Fsp3) is 1.00. The van der Waals surface area contributed by atoms with Crippen molar-refractivity contribution in [1.29, 1.82) is 0 Å². The first-order valence-corrected chi connectivity index (χ1v) is 4.65. The van der Waals surface area contributed by atoms with Gasteiger partial charge < -0.3 is 9.47 Å². The Hall–Kier alpha value is 0.210. The Morgan fingerprint density at radius 1 is 1.64 bits per heavy atom. The Kier molecular flexibility index (Phi) is 4.20. The monoisotopic (exact) mass is 178 g/mol. The summed E-state index contributed by atoms with van der Waals surface area (Å²) in [6, 6.07) is 0. The minimum absolute atomic E-state index is 0.0512. The summed E-state index contributed by atoms with van der Waals surface area (Å²) in [5.41, 5.74) is 0. The van der Waals surface area contributed by atoms with Gasteiger partial charge in [0.15, 0.2) is 6.29 Å². The molecule has 1 rings (SSSR count). The van der Waals surface area contributed by atoms with Gasteiger partial charge in [0.05, 0.1) is 5.38 Å². The molecule has 0 saturated carbocycles. The number of rotatable bonds is 3. The summed E-state index contributed by atoms with van der Waals surface area (Å²) in [4.78, 5) is 0. The number of hydrogen-bond donors (Lipinski definition) is 0. The second-order valence-corrected chi connectivity index (χ2v) is 3.33. The van der Waals surface area contributed by atoms with Crippen molar-refractivity contribution in [1.82, 2.24) is 0 Å². The predicted molar refractivity (Wildman–Crippen MR) is 44.9 cm³/mol. The van der Waals surface area contributed by atoms with Crippen molar-refractivity contribution < 1.29 is 9.47 Å². The highest BCUT2D eigenvalue weighted by atomic mass is 35.5. The van der Waals surface area contributed by atoms with E-state index in [4.69, 9.17) is 21.1 Å². The van der Waals surface area contributed by atoms with Crippen LogP contribution in [0.15, 0.2) is 0 Å². The molecule has 66 valence electrons. The van der Waals surface area contributed by atoms with Crippen LogP contribution >= 0.6 is 11.6 Å². The third kappa shape index (κ3) is 2.97. The molecule has 1 heterocycles. The maximum atomic E-state index is 5.97. The summed E-state index contributed by atoms with van der Waals surface area (Å²) in [5, 5.41) is 0.0512. The maximum absolute atomic E-state index is 5.97. The van der Waals surface area contributed by atoms with Crippen LogP contribution in [0.1, 0.15) is 26.2 Å². The second-order valence-electron chi connectivity index (χ2n) is 2.77. The molecule has 0 bridgehead atoms. The van der Waals surface area contributed by atoms with Gasteiger partial charge in [-0.2, -0.15) is 0 Å². The van der Waals surface area contributed by atoms with Gasteiger partial charge in [-0.25, -0.2) is 0 Å². The van der Waals surface area contributed by atoms with E-state index in [0.29, 0.717) is 0 Å². The van der Waals surface area contributed by atoms with Crippen molar-refractivity contribution in [3.63, 3.8) is 0 Å². The zero-order valence-corrected chi connectivity index (χ0v) is 7.64. The summed E-state index contributed by atoms with van der Waals surface area (Å²) < 4.78 is 10.7. The van der Waals surface area contributed by atoms with Crippen LogP contribution in [-0.4, -0.2) is 24.9 Å². The average Bonchev–Trinajstić information content (AvgIpc) is 2.03. The van der Waals surface area contributed by atoms with Gasteiger partial charge in [0.2, 0.25) is 0 Å². The van der Waals surface area contributed by atoms with Crippen molar-refractivity contribution in [2.45, 2.75) is 37.9 Å². The summed E-state index contributed by atoms with van der Waals surface area (Å²) >= 11 is 5.97. The van der Waals surface area contributed by atoms with E-state index in [9.17, 15) is 0 Å². The van der Waals surface area contributed by atoms with Crippen molar-refractivity contribution in [2.24, 2.45) is 0 Å². The van der Waals surface area contributed by atoms with Crippen molar-refractivity contribution in [2.75, 3.05) is 13.2 Å². The first kappa shape index (κ1) is 9.30. The Labute approximate surface area is 72.8 Å². The number of ether oxygens (including phenoxy) is 2. The molecular weight excluding hydrogens is 164 g/mol. The standard InChI is InChI=1S/C8H15ClO2/c1-2-5-10-8-7(9)4-3-6-11-8/h7-8H,2-6H2,1H3/t7-,8+/m0/s1. The third-order valence-electron chi connectivity index (χ3n) is 1.69. The minimum Gasteiger partial charge on any atom is -0.351 e. The van der Waals surface area contributed by atoms with Crippen molar-refractivity contribution >= 4 is 11.6 Å². The topological polar surface area (TPSA) is 18.5 Å². The van der Waals surface area contributed by atoms with E-state index in [1.54, 1.807) is 0 Å². The van der Waals surface area contributed by atoms with E-state index in [2.05, 4.69) is 6.92 Å². The van der Waals surface area contributed by atoms with E-state index in [1.807, 2.05) is 0 Å². The summed E-state index contributed by atoms with van der Waals surface area (Å²) in [6.45, 7) is 3.61. The number of hydrogen-bond acceptors (Lipinski definition) is 2. The van der Waals surface area contributed by atoms with Crippen LogP contribution < -0.4 is 0 Å². The van der Waals surface area contributed by atoms with E-state index in [1.165, 1.54) is 0 Å². The van der Waals surface area contributed by atoms with Crippen LogP contribution in [-0.2, 0) is 9.47 Å². The Morgan fingerprint density at radius 2 is 2.45 bits per heavy atom. The van der Waals surface area contributed by atoms with Crippen LogP contribution in [0, 0.1) is 0 Å². The fourth-order valence-corrected chi connectivity index (χ4v) is 1.40. The zero-order chi connectivity index (χ0) is 8.10. The highest BCUT2D eigenvalue weighted by molar-refractivity contribution is 6.20. The normalized spacial score (nSPS) is 32.2. The molecule has 0 aromatic carbocycles. The molecule has 11 heavy (non-hydrogen) atoms. The molecule has 0 radical (unpaired) electrons. The largest absolute Gasteiger partial charge is 0.351 e. The van der Waals surface area contributed by atoms with Crippen LogP contribution in [0.5, 0.6) is 0 Å². The van der Waals surface area contributed by atoms with Crippen LogP contribution in [0.3, 0.4) is 0 Å². The van der Waals surface area contributed by atoms with Crippen LogP contribution in [0.2, 0.25) is 0 Å². The molecule has 0 unspecified atom stereocenters. The zero-order valence-electron chi connectivity index (χ0n) is 6.88. The third-order valence-corrected chi connectivity index (χ3v) is 2.11. The van der Waals surface area contributed by atoms with E-state index in [0.717, 1.165) is 32.5 Å². The minimum atomic E-state index is -0.162. The average molecular weight is 179 g/mol. The molecule has 0 amide bonds. The molecule has 2 atom stereocenters. The Morgan fingerprint density at radius 3 is 3.09 bits per heavy atom. The lowest BCUT2D eigenvalue weighted by molar-refractivity contribution is -0.159. The predicted octanol–water partition coefficient (Wildman–Crippen LogP) is 2.16. The molecule has 0 N–H and O–H groups in total. The number of halogens is 1. The van der Waals surface area contributed by atoms with Gasteiger partial charge in [-0.1, -0.05) is 6.92 Å². The highest BCUT2D eigenvalue weighted by Gasteiger charge is 2.23. The lowest BCUT2D eigenvalue weighted by Crippen LogP contribution is -2.32. The first-order valence-electron chi connectivity index (χ1n) is 4.22. The lowest BCUT2D eigenvalue weighted by atomic mass is 10.2. The van der Waals surface area contributed by atoms with Crippen LogP contribution in [0.25, 0.3) is 0 Å². The van der Waals surface area contributed by atoms with Gasteiger partial charge in [-0.15, -0.1) is 11.6 Å². The molecule has 0 aromatic rings. The quantitative estimate of drug-likeness (QED) is 0.617. The van der Waals surface area contributed by atoms with Gasteiger partial charge >= 0.3 is 0 Å². The molecule has 1 aliphatic heterocycles. The summed E-state index contributed by atoms with van der Waals surface area (Å²) in [5.74, 6) is 0. The Bertz CT molecular complexity index is 108. The Balaban J connectivity index is 2.18. The number of alkyl halides is 1. The molecular formula is C8H15ClO2. The smallest absolute Gasteiger partial charge is 0.173 e. The summed E-state index contributed by atoms with van der Waals surface area (Å²) in [7, 11) is 0. The summed E-state index contributed by atoms with van der Waals surface area (Å²) in [6.07, 6.45) is 2.92. The maximum Gasteiger partial charge on any atom is 0.173 e. The lowest BCUT2D eigenvalue weighted by Gasteiger charge is -2.27. The highest BCUT2D eigenvalue weighted by Crippen LogP contribution is 2.20. The fourth-order valence-electron chi connectivity index (χ4n) is 1.10. The first-order chi connectivity index (χ1) is 5.34. The van der Waals surface area contributed by atoms with E-state index in [-0.39, 0.29) is 11.7 Å². The van der Waals surface area contributed by atoms with Gasteiger partial charge in [0.25, 0.3) is 0 Å². The molecule has 0 aromatic heterocycles. The molecule has 2 nitrogen and oxygen atoms in total. The van der Waals surface area contributed by atoms with Gasteiger partial charge in [-0.05, 0) is 19.3 Å². The second kappa shape index (κ2) is 4.96. The molecule has 3 heteroatoms. The molecule has 1 fully saturated rings. The van der Waals surface area contributed by atoms with Gasteiger partial charge in [0.1, 0.15) is 0 Å². The molecule has 1 saturated heterocycles. The molecule has 1 aliphatic rings. The molecule has 0 spiro atoms.